The Hall–Kier alpha value is -2.02. The second kappa shape index (κ2) is 8.73. The van der Waals surface area contributed by atoms with Gasteiger partial charge in [0.2, 0.25) is 5.91 Å². The third kappa shape index (κ3) is 5.56. The number of carbonyl (C=O) groups excluding carboxylic acids is 2. The Morgan fingerprint density at radius 2 is 1.79 bits per heavy atom. The molecule has 1 aliphatic heterocycles. The fourth-order valence-electron chi connectivity index (χ4n) is 2.61. The van der Waals surface area contributed by atoms with Crippen LogP contribution in [0, 0.1) is 6.92 Å². The molecule has 0 aromatic heterocycles. The molecule has 1 fully saturated rings. The van der Waals surface area contributed by atoms with Gasteiger partial charge in [0, 0.05) is 24.7 Å². The fourth-order valence-corrected chi connectivity index (χ4v) is 3.15. The minimum atomic E-state index is -0.921. The lowest BCUT2D eigenvalue weighted by atomic mass is 10.0. The molecule has 0 spiro atoms. The average Bonchev–Trinajstić information content (AvgIpc) is 2.55. The van der Waals surface area contributed by atoms with Crippen LogP contribution in [0.2, 0.25) is 0 Å². The van der Waals surface area contributed by atoms with Gasteiger partial charge in [-0.15, -0.1) is 11.8 Å². The largest absolute Gasteiger partial charge is 0.481 e. The Morgan fingerprint density at radius 3 is 2.38 bits per heavy atom. The van der Waals surface area contributed by atoms with E-state index in [1.54, 1.807) is 0 Å². The molecule has 0 unspecified atom stereocenters. The maximum atomic E-state index is 12.4. The zero-order valence-electron chi connectivity index (χ0n) is 13.7. The van der Waals surface area contributed by atoms with Crippen LogP contribution in [-0.2, 0) is 9.59 Å². The number of carboxylic acid groups (broad SMARTS) is 1. The predicted octanol–water partition coefficient (Wildman–Crippen LogP) is 1.53. The molecule has 2 rings (SSSR count). The van der Waals surface area contributed by atoms with Crippen molar-refractivity contribution in [2.45, 2.75) is 25.8 Å². The standard InChI is InChI=1S/C17H22N2O4S/c1-12-2-4-13(5-3-12)17(23)19-8-6-14(7-9-19)18-15(20)10-24-11-16(21)22/h2-5,14H,6-11H2,1H3,(H,18,20)(H,21,22). The zero-order valence-corrected chi connectivity index (χ0v) is 14.5. The summed E-state index contributed by atoms with van der Waals surface area (Å²) in [6, 6.07) is 7.57. The van der Waals surface area contributed by atoms with Gasteiger partial charge >= 0.3 is 5.97 Å². The van der Waals surface area contributed by atoms with Crippen molar-refractivity contribution >= 4 is 29.5 Å². The van der Waals surface area contributed by atoms with Gasteiger partial charge in [0.25, 0.3) is 5.91 Å². The lowest BCUT2D eigenvalue weighted by Gasteiger charge is -2.32. The number of benzene rings is 1. The van der Waals surface area contributed by atoms with Crippen LogP contribution in [0.4, 0.5) is 0 Å². The van der Waals surface area contributed by atoms with Crippen LogP contribution in [0.5, 0.6) is 0 Å². The van der Waals surface area contributed by atoms with Gasteiger partial charge in [0.15, 0.2) is 0 Å². The van der Waals surface area contributed by atoms with E-state index in [9.17, 15) is 14.4 Å². The SMILES string of the molecule is Cc1ccc(C(=O)N2CCC(NC(=O)CSCC(=O)O)CC2)cc1. The highest BCUT2D eigenvalue weighted by atomic mass is 32.2. The maximum absolute atomic E-state index is 12.4. The summed E-state index contributed by atoms with van der Waals surface area (Å²) < 4.78 is 0. The van der Waals surface area contributed by atoms with Crippen LogP contribution >= 0.6 is 11.8 Å². The monoisotopic (exact) mass is 350 g/mol. The van der Waals surface area contributed by atoms with Crippen LogP contribution in [0.3, 0.4) is 0 Å². The number of aryl methyl sites for hydroxylation is 1. The van der Waals surface area contributed by atoms with Gasteiger partial charge in [0.05, 0.1) is 11.5 Å². The first-order chi connectivity index (χ1) is 11.5. The molecule has 1 heterocycles. The molecule has 130 valence electrons. The van der Waals surface area contributed by atoms with Gasteiger partial charge in [-0.1, -0.05) is 17.7 Å². The molecule has 0 bridgehead atoms. The molecule has 1 aromatic rings. The van der Waals surface area contributed by atoms with Crippen molar-refractivity contribution in [3.63, 3.8) is 0 Å². The van der Waals surface area contributed by atoms with E-state index < -0.39 is 5.97 Å². The van der Waals surface area contributed by atoms with Crippen LogP contribution in [0.1, 0.15) is 28.8 Å². The number of nitrogens with one attached hydrogen (secondary N) is 1. The topological polar surface area (TPSA) is 86.7 Å². The zero-order chi connectivity index (χ0) is 17.5. The smallest absolute Gasteiger partial charge is 0.313 e. The summed E-state index contributed by atoms with van der Waals surface area (Å²) in [6.07, 6.45) is 1.43. The maximum Gasteiger partial charge on any atom is 0.313 e. The Labute approximate surface area is 145 Å². The summed E-state index contributed by atoms with van der Waals surface area (Å²) >= 11 is 1.09. The molecule has 0 atom stereocenters. The molecule has 0 saturated carbocycles. The minimum absolute atomic E-state index is 0.0248. The van der Waals surface area contributed by atoms with E-state index >= 15 is 0 Å². The first kappa shape index (κ1) is 18.3. The number of hydrogen-bond acceptors (Lipinski definition) is 4. The minimum Gasteiger partial charge on any atom is -0.481 e. The first-order valence-corrected chi connectivity index (χ1v) is 9.06. The molecule has 1 aromatic carbocycles. The summed E-state index contributed by atoms with van der Waals surface area (Å²) in [4.78, 5) is 36.4. The molecule has 2 N–H and O–H groups in total. The average molecular weight is 350 g/mol. The fraction of sp³-hybridized carbons (Fsp3) is 0.471. The molecule has 6 nitrogen and oxygen atoms in total. The lowest BCUT2D eigenvalue weighted by molar-refractivity contribution is -0.133. The van der Waals surface area contributed by atoms with Gasteiger partial charge < -0.3 is 15.3 Å². The number of aliphatic carboxylic acids is 1. The van der Waals surface area contributed by atoms with E-state index in [0.717, 1.165) is 17.3 Å². The molecular formula is C17H22N2O4S. The third-order valence-corrected chi connectivity index (χ3v) is 4.82. The Kier molecular flexibility index (Phi) is 6.66. The highest BCUT2D eigenvalue weighted by Gasteiger charge is 2.24. The summed E-state index contributed by atoms with van der Waals surface area (Å²) in [7, 11) is 0. The first-order valence-electron chi connectivity index (χ1n) is 7.90. The summed E-state index contributed by atoms with van der Waals surface area (Å²) in [5.74, 6) is -0.969. The molecule has 0 aliphatic carbocycles. The van der Waals surface area contributed by atoms with Gasteiger partial charge in [-0.25, -0.2) is 0 Å². The Bertz CT molecular complexity index is 595. The molecule has 1 aliphatic rings. The third-order valence-electron chi connectivity index (χ3n) is 3.90. The second-order valence-electron chi connectivity index (χ2n) is 5.89. The van der Waals surface area contributed by atoms with E-state index in [2.05, 4.69) is 5.32 Å². The summed E-state index contributed by atoms with van der Waals surface area (Å²) in [5.41, 5.74) is 1.81. The quantitative estimate of drug-likeness (QED) is 0.813. The van der Waals surface area contributed by atoms with Crippen molar-refractivity contribution in [3.05, 3.63) is 35.4 Å². The van der Waals surface area contributed by atoms with Crippen LogP contribution < -0.4 is 5.32 Å². The van der Waals surface area contributed by atoms with E-state index in [-0.39, 0.29) is 29.4 Å². The van der Waals surface area contributed by atoms with Gasteiger partial charge in [-0.2, -0.15) is 0 Å². The number of piperidine rings is 1. The van der Waals surface area contributed by atoms with Crippen molar-refractivity contribution in [3.8, 4) is 0 Å². The number of carbonyl (C=O) groups is 3. The number of amides is 2. The van der Waals surface area contributed by atoms with Gasteiger partial charge in [-0.05, 0) is 31.9 Å². The van der Waals surface area contributed by atoms with E-state index in [1.165, 1.54) is 0 Å². The van der Waals surface area contributed by atoms with Crippen molar-refractivity contribution in [2.24, 2.45) is 0 Å². The molecule has 7 heteroatoms. The number of nitrogens with zero attached hydrogens (tertiary/aromatic N) is 1. The van der Waals surface area contributed by atoms with E-state index in [0.29, 0.717) is 31.5 Å². The molecule has 2 amide bonds. The number of likely N-dealkylation sites (tertiary alicyclic amines) is 1. The van der Waals surface area contributed by atoms with Crippen molar-refractivity contribution in [1.82, 2.24) is 10.2 Å². The Balaban J connectivity index is 1.74. The normalized spacial score (nSPS) is 15.1. The molecule has 24 heavy (non-hydrogen) atoms. The summed E-state index contributed by atoms with van der Waals surface area (Å²) in [5, 5.41) is 11.5. The summed E-state index contributed by atoms with van der Waals surface area (Å²) in [6.45, 7) is 3.21. The van der Waals surface area contributed by atoms with Crippen molar-refractivity contribution < 1.29 is 19.5 Å². The second-order valence-corrected chi connectivity index (χ2v) is 6.87. The molecule has 1 saturated heterocycles. The Morgan fingerprint density at radius 1 is 1.17 bits per heavy atom. The number of rotatable bonds is 6. The molecule has 0 radical (unpaired) electrons. The van der Waals surface area contributed by atoms with Crippen LogP contribution in [0.15, 0.2) is 24.3 Å². The highest BCUT2D eigenvalue weighted by Crippen LogP contribution is 2.15. The molecular weight excluding hydrogens is 328 g/mol. The van der Waals surface area contributed by atoms with Crippen molar-refractivity contribution in [2.75, 3.05) is 24.6 Å². The van der Waals surface area contributed by atoms with Gasteiger partial charge in [-0.3, -0.25) is 14.4 Å². The number of carboxylic acids is 1. The number of thioether (sulfide) groups is 1. The van der Waals surface area contributed by atoms with Crippen LogP contribution in [-0.4, -0.2) is 58.4 Å². The highest BCUT2D eigenvalue weighted by molar-refractivity contribution is 8.00. The predicted molar refractivity (Wildman–Crippen MR) is 93.2 cm³/mol. The van der Waals surface area contributed by atoms with Gasteiger partial charge in [0.1, 0.15) is 0 Å². The van der Waals surface area contributed by atoms with Crippen molar-refractivity contribution in [1.29, 1.82) is 0 Å². The van der Waals surface area contributed by atoms with E-state index in [1.807, 2.05) is 36.1 Å². The van der Waals surface area contributed by atoms with E-state index in [4.69, 9.17) is 5.11 Å². The number of hydrogen-bond donors (Lipinski definition) is 2. The van der Waals surface area contributed by atoms with Crippen LogP contribution in [0.25, 0.3) is 0 Å². The lowest BCUT2D eigenvalue weighted by Crippen LogP contribution is -2.47.